The highest BCUT2D eigenvalue weighted by Gasteiger charge is 2.34. The van der Waals surface area contributed by atoms with Crippen LogP contribution < -0.4 is 19.3 Å². The molecule has 1 amide bonds. The molecule has 0 N–H and O–H groups in total. The molecule has 0 unspecified atom stereocenters. The Balaban J connectivity index is 1.21. The highest BCUT2D eigenvalue weighted by molar-refractivity contribution is 6.32. The van der Waals surface area contributed by atoms with E-state index in [-0.39, 0.29) is 12.2 Å². The maximum absolute atomic E-state index is 12.5. The van der Waals surface area contributed by atoms with Crippen LogP contribution in [0.15, 0.2) is 42.6 Å². The van der Waals surface area contributed by atoms with E-state index in [2.05, 4.69) is 19.8 Å². The largest absolute Gasteiger partial charge is 0.495 e. The lowest BCUT2D eigenvalue weighted by Gasteiger charge is -2.36. The number of anilines is 2. The second kappa shape index (κ2) is 9.52. The van der Waals surface area contributed by atoms with E-state index in [0.717, 1.165) is 42.9 Å². The summed E-state index contributed by atoms with van der Waals surface area (Å²) in [7, 11) is 3.18. The van der Waals surface area contributed by atoms with Gasteiger partial charge in [0.25, 0.3) is 0 Å². The summed E-state index contributed by atoms with van der Waals surface area (Å²) in [6.07, 6.45) is 1.26. The lowest BCUT2D eigenvalue weighted by Crippen LogP contribution is -2.49. The van der Waals surface area contributed by atoms with Crippen LogP contribution in [0.3, 0.4) is 0 Å². The zero-order chi connectivity index (χ0) is 23.7. The van der Waals surface area contributed by atoms with Gasteiger partial charge in [-0.25, -0.2) is 9.78 Å². The number of pyridine rings is 2. The molecule has 1 atom stereocenters. The third-order valence-corrected chi connectivity index (χ3v) is 6.54. The average Bonchev–Trinajstić information content (AvgIpc) is 3.23. The molecule has 3 aromatic rings. The van der Waals surface area contributed by atoms with E-state index in [9.17, 15) is 4.79 Å². The molecule has 0 saturated carbocycles. The van der Waals surface area contributed by atoms with Crippen LogP contribution in [-0.2, 0) is 4.74 Å². The predicted octanol–water partition coefficient (Wildman–Crippen LogP) is 3.45. The Morgan fingerprint density at radius 2 is 1.91 bits per heavy atom. The minimum Gasteiger partial charge on any atom is -0.495 e. The van der Waals surface area contributed by atoms with E-state index < -0.39 is 0 Å². The summed E-state index contributed by atoms with van der Waals surface area (Å²) in [6, 6.07) is 11.0. The van der Waals surface area contributed by atoms with Crippen molar-refractivity contribution in [2.45, 2.75) is 6.10 Å². The third kappa shape index (κ3) is 4.41. The molecule has 0 aliphatic carbocycles. The van der Waals surface area contributed by atoms with E-state index in [4.69, 9.17) is 25.8 Å². The number of benzene rings is 1. The van der Waals surface area contributed by atoms with Crippen molar-refractivity contribution in [1.29, 1.82) is 0 Å². The molecule has 10 heteroatoms. The van der Waals surface area contributed by atoms with E-state index in [1.54, 1.807) is 31.3 Å². The van der Waals surface area contributed by atoms with Crippen molar-refractivity contribution in [3.8, 4) is 11.6 Å². The van der Waals surface area contributed by atoms with E-state index >= 15 is 0 Å². The number of nitrogens with zero attached hydrogens (tertiary/aromatic N) is 5. The summed E-state index contributed by atoms with van der Waals surface area (Å²) in [6.45, 7) is 4.57. The minimum atomic E-state index is -0.354. The first-order valence-electron chi connectivity index (χ1n) is 11.1. The molecule has 4 heterocycles. The molecule has 178 valence electrons. The van der Waals surface area contributed by atoms with Gasteiger partial charge in [-0.2, -0.15) is 0 Å². The summed E-state index contributed by atoms with van der Waals surface area (Å²) in [5.41, 5.74) is 3.44. The SMILES string of the molecule is COc1ccc2nccc(N3CCN(C[C@@H]4CN(c5ccc(OC)c(Cl)c5)C(=O)O4)CC3)c2n1. The summed E-state index contributed by atoms with van der Waals surface area (Å²) < 4.78 is 16.1. The maximum Gasteiger partial charge on any atom is 0.414 e. The van der Waals surface area contributed by atoms with Gasteiger partial charge in [0, 0.05) is 50.7 Å². The molecular weight excluding hydrogens is 458 g/mol. The number of fused-ring (bicyclic) bond motifs is 1. The molecule has 0 bridgehead atoms. The molecule has 2 saturated heterocycles. The van der Waals surface area contributed by atoms with E-state index in [0.29, 0.717) is 35.4 Å². The normalized spacial score (nSPS) is 18.9. The molecule has 34 heavy (non-hydrogen) atoms. The monoisotopic (exact) mass is 483 g/mol. The minimum absolute atomic E-state index is 0.201. The molecule has 2 fully saturated rings. The van der Waals surface area contributed by atoms with Crippen LogP contribution >= 0.6 is 11.6 Å². The fourth-order valence-electron chi connectivity index (χ4n) is 4.47. The predicted molar refractivity (Wildman–Crippen MR) is 130 cm³/mol. The quantitative estimate of drug-likeness (QED) is 0.527. The molecule has 5 rings (SSSR count). The molecule has 2 aliphatic heterocycles. The number of rotatable bonds is 6. The Labute approximate surface area is 202 Å². The van der Waals surface area contributed by atoms with E-state index in [1.807, 2.05) is 30.5 Å². The van der Waals surface area contributed by atoms with Gasteiger partial charge in [-0.3, -0.25) is 14.8 Å². The number of hydrogen-bond acceptors (Lipinski definition) is 8. The molecule has 0 radical (unpaired) electrons. The Kier molecular flexibility index (Phi) is 6.30. The van der Waals surface area contributed by atoms with Crippen molar-refractivity contribution in [3.05, 3.63) is 47.6 Å². The van der Waals surface area contributed by atoms with Crippen LogP contribution in [0.4, 0.5) is 16.2 Å². The number of halogens is 1. The number of ether oxygens (including phenoxy) is 3. The first-order valence-corrected chi connectivity index (χ1v) is 11.5. The highest BCUT2D eigenvalue weighted by Crippen LogP contribution is 2.31. The molecule has 2 aromatic heterocycles. The number of hydrogen-bond donors (Lipinski definition) is 0. The number of piperazine rings is 1. The number of amides is 1. The van der Waals surface area contributed by atoms with Gasteiger partial charge in [0.2, 0.25) is 5.88 Å². The van der Waals surface area contributed by atoms with Crippen LogP contribution in [0.25, 0.3) is 11.0 Å². The topological polar surface area (TPSA) is 80.3 Å². The molecule has 2 aliphatic rings. The van der Waals surface area contributed by atoms with Crippen molar-refractivity contribution in [1.82, 2.24) is 14.9 Å². The van der Waals surface area contributed by atoms with Crippen LogP contribution in [0.1, 0.15) is 0 Å². The number of cyclic esters (lactones) is 1. The Morgan fingerprint density at radius 1 is 1.09 bits per heavy atom. The lowest BCUT2D eigenvalue weighted by molar-refractivity contribution is 0.106. The number of methoxy groups -OCH3 is 2. The fraction of sp³-hybridized carbons (Fsp3) is 0.375. The van der Waals surface area contributed by atoms with Crippen molar-refractivity contribution in [2.75, 3.05) is 63.3 Å². The summed E-state index contributed by atoms with van der Waals surface area (Å²) >= 11 is 6.23. The number of carbonyl (C=O) groups excluding carboxylic acids is 1. The average molecular weight is 484 g/mol. The van der Waals surface area contributed by atoms with Gasteiger partial charge in [0.1, 0.15) is 17.4 Å². The van der Waals surface area contributed by atoms with Gasteiger partial charge in [-0.05, 0) is 30.3 Å². The zero-order valence-corrected chi connectivity index (χ0v) is 19.9. The van der Waals surface area contributed by atoms with Crippen LogP contribution in [-0.4, -0.2) is 80.6 Å². The first kappa shape index (κ1) is 22.5. The molecular formula is C24H26ClN5O4. The van der Waals surface area contributed by atoms with Crippen molar-refractivity contribution in [2.24, 2.45) is 0 Å². The smallest absolute Gasteiger partial charge is 0.414 e. The fourth-order valence-corrected chi connectivity index (χ4v) is 4.72. The van der Waals surface area contributed by atoms with Gasteiger partial charge >= 0.3 is 6.09 Å². The molecule has 9 nitrogen and oxygen atoms in total. The lowest BCUT2D eigenvalue weighted by atomic mass is 10.2. The van der Waals surface area contributed by atoms with Gasteiger partial charge in [0.05, 0.1) is 37.0 Å². The second-order valence-corrected chi connectivity index (χ2v) is 8.68. The maximum atomic E-state index is 12.5. The van der Waals surface area contributed by atoms with Crippen LogP contribution in [0, 0.1) is 0 Å². The first-order chi connectivity index (χ1) is 16.6. The second-order valence-electron chi connectivity index (χ2n) is 8.27. The summed E-state index contributed by atoms with van der Waals surface area (Å²) in [5, 5.41) is 0.461. The van der Waals surface area contributed by atoms with Crippen molar-refractivity contribution < 1.29 is 19.0 Å². The van der Waals surface area contributed by atoms with Gasteiger partial charge in [-0.1, -0.05) is 11.6 Å². The number of aromatic nitrogens is 2. The third-order valence-electron chi connectivity index (χ3n) is 6.24. The molecule has 0 spiro atoms. The Morgan fingerprint density at radius 3 is 2.65 bits per heavy atom. The zero-order valence-electron chi connectivity index (χ0n) is 19.1. The Bertz CT molecular complexity index is 1200. The van der Waals surface area contributed by atoms with Gasteiger partial charge in [0.15, 0.2) is 0 Å². The number of carbonyl (C=O) groups is 1. The van der Waals surface area contributed by atoms with E-state index in [1.165, 1.54) is 0 Å². The standard InChI is InChI=1S/C24H26ClN5O4/c1-32-21-5-3-16(13-18(21)25)30-15-17(34-24(30)31)14-28-9-11-29(12-10-28)20-7-8-26-19-4-6-22(33-2)27-23(19)20/h3-8,13,17H,9-12,14-15H2,1-2H3/t17-/m1/s1. The van der Waals surface area contributed by atoms with Gasteiger partial charge < -0.3 is 19.1 Å². The van der Waals surface area contributed by atoms with Crippen LogP contribution in [0.2, 0.25) is 5.02 Å². The van der Waals surface area contributed by atoms with Crippen molar-refractivity contribution >= 4 is 40.1 Å². The summed E-state index contributed by atoms with van der Waals surface area (Å²) in [5.74, 6) is 1.15. The summed E-state index contributed by atoms with van der Waals surface area (Å²) in [4.78, 5) is 27.8. The van der Waals surface area contributed by atoms with Crippen molar-refractivity contribution in [3.63, 3.8) is 0 Å². The molecule has 1 aromatic carbocycles. The Hall–Kier alpha value is -3.30. The van der Waals surface area contributed by atoms with Gasteiger partial charge in [-0.15, -0.1) is 0 Å². The van der Waals surface area contributed by atoms with Crippen LogP contribution in [0.5, 0.6) is 11.6 Å². The highest BCUT2D eigenvalue weighted by atomic mass is 35.5.